The van der Waals surface area contributed by atoms with Gasteiger partial charge in [0.2, 0.25) is 0 Å². The lowest BCUT2D eigenvalue weighted by atomic mass is 10.0. The maximum absolute atomic E-state index is 12.8. The molecule has 9 heteroatoms. The Morgan fingerprint density at radius 2 is 0.925 bits per heavy atom. The van der Waals surface area contributed by atoms with Crippen LogP contribution in [-0.4, -0.2) is 50.6 Å². The Bertz CT molecular complexity index is 1880. The highest BCUT2D eigenvalue weighted by Gasteiger charge is 2.23. The van der Waals surface area contributed by atoms with Gasteiger partial charge in [0, 0.05) is 39.4 Å². The van der Waals surface area contributed by atoms with E-state index in [0.717, 1.165) is 60.1 Å². The minimum Gasteiger partial charge on any atom is -0.490 e. The van der Waals surface area contributed by atoms with E-state index in [1.54, 1.807) is 6.07 Å². The van der Waals surface area contributed by atoms with Crippen LogP contribution in [0.15, 0.2) is 103 Å². The molecule has 0 aliphatic heterocycles. The van der Waals surface area contributed by atoms with Crippen molar-refractivity contribution in [2.45, 2.75) is 77.4 Å². The van der Waals surface area contributed by atoms with Crippen LogP contribution < -0.4 is 18.9 Å². The number of benzene rings is 5. The fourth-order valence-electron chi connectivity index (χ4n) is 5.91. The first-order chi connectivity index (χ1) is 25.9. The molecule has 0 N–H and O–H groups in total. The van der Waals surface area contributed by atoms with E-state index in [0.29, 0.717) is 40.9 Å². The minimum atomic E-state index is -0.675. The average molecular weight is 741 g/mol. The van der Waals surface area contributed by atoms with Crippen LogP contribution in [0.5, 0.6) is 23.0 Å². The summed E-state index contributed by atoms with van der Waals surface area (Å²) in [5.74, 6) is 1.93. The number of hydrogen-bond acceptors (Lipinski definition) is 8. The van der Waals surface area contributed by atoms with Gasteiger partial charge in [-0.2, -0.15) is 0 Å². The number of halogens is 1. The van der Waals surface area contributed by atoms with Gasteiger partial charge in [0.1, 0.15) is 49.4 Å². The van der Waals surface area contributed by atoms with E-state index in [9.17, 15) is 9.59 Å². The lowest BCUT2D eigenvalue weighted by Gasteiger charge is -2.23. The lowest BCUT2D eigenvalue weighted by Crippen LogP contribution is -2.31. The number of hydrogen-bond donors (Lipinski definition) is 0. The van der Waals surface area contributed by atoms with Crippen molar-refractivity contribution in [3.05, 3.63) is 108 Å². The van der Waals surface area contributed by atoms with E-state index < -0.39 is 12.2 Å². The van der Waals surface area contributed by atoms with Gasteiger partial charge in [-0.3, -0.25) is 9.59 Å². The fraction of sp³-hybridized carbons (Fsp3) is 0.364. The van der Waals surface area contributed by atoms with Crippen LogP contribution >= 0.6 is 11.6 Å². The van der Waals surface area contributed by atoms with Crippen molar-refractivity contribution in [1.82, 2.24) is 0 Å². The summed E-state index contributed by atoms with van der Waals surface area (Å²) in [4.78, 5) is 25.7. The molecule has 0 bridgehead atoms. The Morgan fingerprint density at radius 1 is 0.509 bits per heavy atom. The van der Waals surface area contributed by atoms with Gasteiger partial charge in [-0.15, -0.1) is 0 Å². The smallest absolute Gasteiger partial charge is 0.306 e. The second kappa shape index (κ2) is 20.9. The molecule has 0 radical (unpaired) electrons. The number of carbonyl (C=O) groups excluding carboxylic acids is 2. The minimum absolute atomic E-state index is 0.0467. The normalized spacial score (nSPS) is 12.2. The number of rotatable bonds is 22. The fourth-order valence-corrected chi connectivity index (χ4v) is 6.08. The second-order valence-electron chi connectivity index (χ2n) is 12.9. The third-order valence-electron chi connectivity index (χ3n) is 8.64. The summed E-state index contributed by atoms with van der Waals surface area (Å²) < 4.78 is 37.0. The maximum atomic E-state index is 12.8. The largest absolute Gasteiger partial charge is 0.490 e. The molecule has 5 aromatic carbocycles. The zero-order chi connectivity index (χ0) is 37.3. The molecule has 0 fully saturated rings. The van der Waals surface area contributed by atoms with Crippen LogP contribution in [0, 0.1) is 0 Å². The maximum Gasteiger partial charge on any atom is 0.306 e. The number of carbonyl (C=O) groups is 2. The van der Waals surface area contributed by atoms with Crippen LogP contribution in [-0.2, 0) is 19.1 Å². The Labute approximate surface area is 317 Å². The lowest BCUT2D eigenvalue weighted by molar-refractivity contribution is -0.153. The summed E-state index contributed by atoms with van der Waals surface area (Å²) in [5.41, 5.74) is 0. The summed E-state index contributed by atoms with van der Waals surface area (Å²) in [6.07, 6.45) is 4.75. The monoisotopic (exact) mass is 740 g/mol. The molecule has 2 unspecified atom stereocenters. The molecular weight excluding hydrogens is 692 g/mol. The molecule has 0 spiro atoms. The van der Waals surface area contributed by atoms with E-state index in [1.165, 1.54) is 0 Å². The molecule has 53 heavy (non-hydrogen) atoms. The van der Waals surface area contributed by atoms with Gasteiger partial charge >= 0.3 is 11.9 Å². The topological polar surface area (TPSA) is 89.5 Å². The molecule has 2 atom stereocenters. The van der Waals surface area contributed by atoms with E-state index in [2.05, 4.69) is 13.8 Å². The van der Waals surface area contributed by atoms with Crippen LogP contribution in [0.1, 0.15) is 65.2 Å². The van der Waals surface area contributed by atoms with Crippen LogP contribution in [0.3, 0.4) is 0 Å². The summed E-state index contributed by atoms with van der Waals surface area (Å²) >= 11 is 6.58. The van der Waals surface area contributed by atoms with Gasteiger partial charge < -0.3 is 28.4 Å². The Balaban J connectivity index is 1.41. The molecule has 5 rings (SSSR count). The second-order valence-corrected chi connectivity index (χ2v) is 13.3. The van der Waals surface area contributed by atoms with Gasteiger partial charge in [-0.1, -0.05) is 112 Å². The number of ether oxygens (including phenoxy) is 6. The number of fused-ring (bicyclic) bond motifs is 2. The molecular formula is C44H49ClO8. The summed E-state index contributed by atoms with van der Waals surface area (Å²) in [5, 5.41) is 3.57. The summed E-state index contributed by atoms with van der Waals surface area (Å²) in [6.45, 7) is 4.53. The van der Waals surface area contributed by atoms with Crippen molar-refractivity contribution in [2.75, 3.05) is 26.4 Å². The highest BCUT2D eigenvalue weighted by Crippen LogP contribution is 2.44. The molecule has 280 valence electrons. The van der Waals surface area contributed by atoms with E-state index in [4.69, 9.17) is 40.0 Å². The van der Waals surface area contributed by atoms with Gasteiger partial charge in [-0.25, -0.2) is 0 Å². The van der Waals surface area contributed by atoms with E-state index >= 15 is 0 Å². The predicted octanol–water partition coefficient (Wildman–Crippen LogP) is 10.5. The van der Waals surface area contributed by atoms with Crippen molar-refractivity contribution < 1.29 is 38.0 Å². The SMILES string of the molecule is CCCCCC(=O)OC(COc1ccccc1)COc1c2ccccc2c(OCC(COc2ccccc2)OC(=O)CCCCC)c2cc(Cl)ccc12. The first-order valence-corrected chi connectivity index (χ1v) is 19.0. The average Bonchev–Trinajstić information content (AvgIpc) is 3.18. The molecule has 0 aliphatic carbocycles. The van der Waals surface area contributed by atoms with Crippen molar-refractivity contribution in [3.8, 4) is 23.0 Å². The molecule has 0 aliphatic rings. The molecule has 5 aromatic rings. The third kappa shape index (κ3) is 12.0. The molecule has 8 nitrogen and oxygen atoms in total. The molecule has 0 aromatic heterocycles. The zero-order valence-electron chi connectivity index (χ0n) is 30.6. The predicted molar refractivity (Wildman–Crippen MR) is 209 cm³/mol. The van der Waals surface area contributed by atoms with Gasteiger partial charge in [-0.05, 0) is 55.3 Å². The molecule has 0 amide bonds. The summed E-state index contributed by atoms with van der Waals surface area (Å²) in [6, 6.07) is 32.1. The number of unbranched alkanes of at least 4 members (excludes halogenated alkanes) is 4. The summed E-state index contributed by atoms with van der Waals surface area (Å²) in [7, 11) is 0. The van der Waals surface area contributed by atoms with Crippen molar-refractivity contribution in [3.63, 3.8) is 0 Å². The van der Waals surface area contributed by atoms with Gasteiger partial charge in [0.25, 0.3) is 0 Å². The Morgan fingerprint density at radius 3 is 1.40 bits per heavy atom. The van der Waals surface area contributed by atoms with E-state index in [-0.39, 0.29) is 38.4 Å². The number of para-hydroxylation sites is 2. The standard InChI is InChI=1S/C44H49ClO8/c1-3-5-9-23-41(46)52-35(28-48-33-17-11-7-12-18-33)30-50-43-37-21-15-16-22-38(37)44(40-27-32(45)25-26-39(40)43)51-31-36(53-42(47)24-10-6-4-2)29-49-34-19-13-8-14-20-34/h7-8,11-22,25-27,35-36H,3-6,9-10,23-24,28-31H2,1-2H3. The van der Waals surface area contributed by atoms with Crippen molar-refractivity contribution in [1.29, 1.82) is 0 Å². The molecule has 0 heterocycles. The van der Waals surface area contributed by atoms with Gasteiger partial charge in [0.05, 0.1) is 0 Å². The van der Waals surface area contributed by atoms with E-state index in [1.807, 2.05) is 97.1 Å². The highest BCUT2D eigenvalue weighted by atomic mass is 35.5. The quantitative estimate of drug-likeness (QED) is 0.0394. The Hall–Kier alpha value is -4.95. The van der Waals surface area contributed by atoms with Crippen LogP contribution in [0.2, 0.25) is 5.02 Å². The molecule has 0 saturated carbocycles. The van der Waals surface area contributed by atoms with Crippen molar-refractivity contribution >= 4 is 45.1 Å². The number of esters is 2. The zero-order valence-corrected chi connectivity index (χ0v) is 31.4. The van der Waals surface area contributed by atoms with Crippen molar-refractivity contribution in [2.24, 2.45) is 0 Å². The van der Waals surface area contributed by atoms with Crippen LogP contribution in [0.25, 0.3) is 21.5 Å². The third-order valence-corrected chi connectivity index (χ3v) is 8.87. The highest BCUT2D eigenvalue weighted by molar-refractivity contribution is 6.31. The first-order valence-electron chi connectivity index (χ1n) is 18.6. The Kier molecular flexibility index (Phi) is 15.5. The van der Waals surface area contributed by atoms with Crippen LogP contribution in [0.4, 0.5) is 0 Å². The van der Waals surface area contributed by atoms with Gasteiger partial charge in [0.15, 0.2) is 12.2 Å². The first kappa shape index (κ1) is 39.3. The molecule has 0 saturated heterocycles.